The molecule has 1 unspecified atom stereocenters. The summed E-state index contributed by atoms with van der Waals surface area (Å²) in [5, 5.41) is 12.2. The van der Waals surface area contributed by atoms with Crippen LogP contribution in [0.1, 0.15) is 51.6 Å². The van der Waals surface area contributed by atoms with Gasteiger partial charge in [-0.15, -0.1) is 5.10 Å². The molecule has 0 spiro atoms. The Bertz CT molecular complexity index is 588. The molecule has 1 aromatic carbocycles. The molecule has 21 heavy (non-hydrogen) atoms. The molecule has 0 bridgehead atoms. The number of nitrogens with zero attached hydrogens (tertiary/aromatic N) is 4. The zero-order valence-corrected chi connectivity index (χ0v) is 13.4. The average molecular weight is 287 g/mol. The molecule has 0 amide bonds. The van der Waals surface area contributed by atoms with Crippen LogP contribution < -0.4 is 5.73 Å². The molecule has 0 aliphatic carbocycles. The third-order valence-electron chi connectivity index (χ3n) is 3.85. The van der Waals surface area contributed by atoms with E-state index in [1.165, 1.54) is 12.8 Å². The van der Waals surface area contributed by atoms with Gasteiger partial charge in [-0.25, -0.2) is 4.68 Å². The van der Waals surface area contributed by atoms with Crippen molar-refractivity contribution >= 4 is 5.69 Å². The molecule has 0 aliphatic rings. The Kier molecular flexibility index (Phi) is 4.94. The molecule has 2 rings (SSSR count). The first kappa shape index (κ1) is 15.5. The predicted octanol–water partition coefficient (Wildman–Crippen LogP) is 3.62. The number of nitrogens with two attached hydrogens (primary N) is 1. The monoisotopic (exact) mass is 287 g/mol. The highest BCUT2D eigenvalue weighted by molar-refractivity contribution is 5.63. The van der Waals surface area contributed by atoms with E-state index in [1.54, 1.807) is 0 Å². The second-order valence-corrected chi connectivity index (χ2v) is 6.19. The minimum atomic E-state index is 0.288. The number of aromatic nitrogens is 4. The Morgan fingerprint density at radius 1 is 1.19 bits per heavy atom. The highest BCUT2D eigenvalue weighted by Gasteiger charge is 2.15. The molecule has 114 valence electrons. The maximum atomic E-state index is 5.99. The zero-order valence-electron chi connectivity index (χ0n) is 13.4. The molecule has 0 saturated heterocycles. The third-order valence-corrected chi connectivity index (χ3v) is 3.85. The van der Waals surface area contributed by atoms with Crippen molar-refractivity contribution in [2.45, 2.75) is 53.0 Å². The van der Waals surface area contributed by atoms with Crippen LogP contribution in [0.5, 0.6) is 0 Å². The summed E-state index contributed by atoms with van der Waals surface area (Å²) >= 11 is 0. The normalized spacial score (nSPS) is 12.8. The Hall–Kier alpha value is -1.91. The van der Waals surface area contributed by atoms with Crippen molar-refractivity contribution in [3.63, 3.8) is 0 Å². The second-order valence-electron chi connectivity index (χ2n) is 6.19. The van der Waals surface area contributed by atoms with Gasteiger partial charge in [-0.1, -0.05) is 38.8 Å². The summed E-state index contributed by atoms with van der Waals surface area (Å²) in [5.41, 5.74) is 8.80. The summed E-state index contributed by atoms with van der Waals surface area (Å²) < 4.78 is 1.91. The molecule has 0 aliphatic heterocycles. The smallest absolute Gasteiger partial charge is 0.182 e. The second kappa shape index (κ2) is 6.70. The highest BCUT2D eigenvalue weighted by Crippen LogP contribution is 2.25. The number of aryl methyl sites for hydroxylation is 1. The lowest BCUT2D eigenvalue weighted by molar-refractivity contribution is 0.414. The Balaban J connectivity index is 2.15. The molecule has 1 aromatic heterocycles. The first-order valence-corrected chi connectivity index (χ1v) is 7.63. The van der Waals surface area contributed by atoms with Crippen molar-refractivity contribution in [1.82, 2.24) is 20.2 Å². The highest BCUT2D eigenvalue weighted by atomic mass is 15.5. The minimum Gasteiger partial charge on any atom is -0.398 e. The molecule has 1 heterocycles. The van der Waals surface area contributed by atoms with Crippen molar-refractivity contribution in [2.75, 3.05) is 5.73 Å². The van der Waals surface area contributed by atoms with Gasteiger partial charge in [0.25, 0.3) is 0 Å². The maximum Gasteiger partial charge on any atom is 0.182 e. The molecule has 1 atom stereocenters. The number of anilines is 1. The standard InChI is InChI=1S/C16H25N5/c1-11(2)6-5-7-13(4)21-16(18-19-20-21)14-9-8-12(3)15(17)10-14/h8-11,13H,5-7,17H2,1-4H3. The molecule has 0 fully saturated rings. The van der Waals surface area contributed by atoms with Crippen molar-refractivity contribution in [3.8, 4) is 11.4 Å². The molecular weight excluding hydrogens is 262 g/mol. The molecular formula is C16H25N5. The summed E-state index contributed by atoms with van der Waals surface area (Å²) in [7, 11) is 0. The van der Waals surface area contributed by atoms with E-state index in [1.807, 2.05) is 29.8 Å². The van der Waals surface area contributed by atoms with Gasteiger partial charge in [-0.3, -0.25) is 0 Å². The maximum absolute atomic E-state index is 5.99. The summed E-state index contributed by atoms with van der Waals surface area (Å²) in [6, 6.07) is 6.26. The topological polar surface area (TPSA) is 69.6 Å². The van der Waals surface area contributed by atoms with Gasteiger partial charge >= 0.3 is 0 Å². The number of rotatable bonds is 6. The van der Waals surface area contributed by atoms with Crippen molar-refractivity contribution in [2.24, 2.45) is 5.92 Å². The van der Waals surface area contributed by atoms with Gasteiger partial charge in [0.1, 0.15) is 0 Å². The van der Waals surface area contributed by atoms with E-state index >= 15 is 0 Å². The largest absolute Gasteiger partial charge is 0.398 e. The van der Waals surface area contributed by atoms with Gasteiger partial charge in [0.05, 0.1) is 6.04 Å². The number of hydrogen-bond acceptors (Lipinski definition) is 4. The Labute approximate surface area is 126 Å². The van der Waals surface area contributed by atoms with E-state index in [9.17, 15) is 0 Å². The van der Waals surface area contributed by atoms with Crippen LogP contribution >= 0.6 is 0 Å². The molecule has 5 nitrogen and oxygen atoms in total. The fourth-order valence-electron chi connectivity index (χ4n) is 2.40. The molecule has 5 heteroatoms. The van der Waals surface area contributed by atoms with Crippen molar-refractivity contribution < 1.29 is 0 Å². The molecule has 2 aromatic rings. The van der Waals surface area contributed by atoms with E-state index in [2.05, 4.69) is 36.3 Å². The van der Waals surface area contributed by atoms with Crippen molar-refractivity contribution in [1.29, 1.82) is 0 Å². The van der Waals surface area contributed by atoms with Crippen LogP contribution in [0.2, 0.25) is 0 Å². The minimum absolute atomic E-state index is 0.288. The molecule has 0 saturated carbocycles. The summed E-state index contributed by atoms with van der Waals surface area (Å²) in [6.45, 7) is 8.67. The van der Waals surface area contributed by atoms with Gasteiger partial charge in [-0.05, 0) is 48.2 Å². The van der Waals surface area contributed by atoms with E-state index in [0.717, 1.165) is 35.0 Å². The van der Waals surface area contributed by atoms with Crippen molar-refractivity contribution in [3.05, 3.63) is 23.8 Å². The van der Waals surface area contributed by atoms with Crippen LogP contribution in [0.4, 0.5) is 5.69 Å². The van der Waals surface area contributed by atoms with E-state index in [0.29, 0.717) is 0 Å². The van der Waals surface area contributed by atoms with Crippen LogP contribution in [0.3, 0.4) is 0 Å². The van der Waals surface area contributed by atoms with E-state index < -0.39 is 0 Å². The number of hydrogen-bond donors (Lipinski definition) is 1. The van der Waals surface area contributed by atoms with Gasteiger partial charge in [0.15, 0.2) is 5.82 Å². The van der Waals surface area contributed by atoms with E-state index in [4.69, 9.17) is 5.73 Å². The summed E-state index contributed by atoms with van der Waals surface area (Å²) in [6.07, 6.45) is 3.50. The van der Waals surface area contributed by atoms with Gasteiger partial charge in [0, 0.05) is 11.3 Å². The Morgan fingerprint density at radius 3 is 2.62 bits per heavy atom. The number of tetrazole rings is 1. The lowest BCUT2D eigenvalue weighted by Crippen LogP contribution is -2.09. The van der Waals surface area contributed by atoms with Crippen LogP contribution in [0.25, 0.3) is 11.4 Å². The Morgan fingerprint density at radius 2 is 1.95 bits per heavy atom. The summed E-state index contributed by atoms with van der Waals surface area (Å²) in [4.78, 5) is 0. The zero-order chi connectivity index (χ0) is 15.4. The first-order valence-electron chi connectivity index (χ1n) is 7.63. The van der Waals surface area contributed by atoms with Gasteiger partial charge < -0.3 is 5.73 Å². The summed E-state index contributed by atoms with van der Waals surface area (Å²) in [5.74, 6) is 1.53. The first-order chi connectivity index (χ1) is 9.99. The fourth-order valence-corrected chi connectivity index (χ4v) is 2.40. The van der Waals surface area contributed by atoms with E-state index in [-0.39, 0.29) is 6.04 Å². The molecule has 2 N–H and O–H groups in total. The van der Waals surface area contributed by atoms with Crippen LogP contribution in [0.15, 0.2) is 18.2 Å². The number of benzene rings is 1. The molecule has 0 radical (unpaired) electrons. The van der Waals surface area contributed by atoms with Crippen LogP contribution in [-0.2, 0) is 0 Å². The quantitative estimate of drug-likeness (QED) is 0.824. The SMILES string of the molecule is Cc1ccc(-c2nnnn2C(C)CCCC(C)C)cc1N. The van der Waals surface area contributed by atoms with Crippen LogP contribution in [-0.4, -0.2) is 20.2 Å². The van der Waals surface area contributed by atoms with Gasteiger partial charge in [0.2, 0.25) is 0 Å². The average Bonchev–Trinajstić information content (AvgIpc) is 2.90. The van der Waals surface area contributed by atoms with Gasteiger partial charge in [-0.2, -0.15) is 0 Å². The lowest BCUT2D eigenvalue weighted by atomic mass is 10.0. The van der Waals surface area contributed by atoms with Crippen LogP contribution in [0, 0.1) is 12.8 Å². The number of nitrogen functional groups attached to an aromatic ring is 1. The predicted molar refractivity (Wildman–Crippen MR) is 85.8 cm³/mol. The fraction of sp³-hybridized carbons (Fsp3) is 0.562. The lowest BCUT2D eigenvalue weighted by Gasteiger charge is -2.14. The third kappa shape index (κ3) is 3.80.